The first-order valence-electron chi connectivity index (χ1n) is 24.4. The lowest BCUT2D eigenvalue weighted by atomic mass is 9.41. The van der Waals surface area contributed by atoms with Gasteiger partial charge in [0.2, 0.25) is 0 Å². The van der Waals surface area contributed by atoms with Gasteiger partial charge in [0.15, 0.2) is 18.9 Å². The molecule has 5 aliphatic carbocycles. The molecular weight excluding hydrogens is 849 g/mol. The predicted octanol–water partition coefficient (Wildman–Crippen LogP) is 0.612. The van der Waals surface area contributed by atoms with Crippen LogP contribution in [0.1, 0.15) is 113 Å². The van der Waals surface area contributed by atoms with E-state index in [0.717, 1.165) is 50.5 Å². The van der Waals surface area contributed by atoms with E-state index in [9.17, 15) is 56.2 Å². The summed E-state index contributed by atoms with van der Waals surface area (Å²) >= 11 is 0. The predicted molar refractivity (Wildman–Crippen MR) is 230 cm³/mol. The van der Waals surface area contributed by atoms with Crippen molar-refractivity contribution in [1.82, 2.24) is 0 Å². The fourth-order valence-electron chi connectivity index (χ4n) is 15.5. The number of hydrogen-bond acceptors (Lipinski definition) is 17. The molecule has 0 unspecified atom stereocenters. The zero-order valence-electron chi connectivity index (χ0n) is 39.3. The molecule has 0 aromatic heterocycles. The zero-order chi connectivity index (χ0) is 47.3. The average Bonchev–Trinajstić information content (AvgIpc) is 3.86. The Bertz CT molecular complexity index is 1700. The van der Waals surface area contributed by atoms with Gasteiger partial charge in [-0.25, -0.2) is 0 Å². The van der Waals surface area contributed by atoms with Crippen molar-refractivity contribution in [3.8, 4) is 0 Å². The first-order valence-corrected chi connectivity index (χ1v) is 24.4. The molecule has 5 saturated carbocycles. The SMILES string of the molecule is C/C(=C/C[C@H](O)[C@@H](C)[C@H]1CC[C@@]2(C)[C@@H]3CC[C@H]4C(C)(C)[C@@H](O[C@@H]5O[C@H](C)[C@H](O[C@@H]6O[C@H](CO)[C@@H](O)[C@H](O)[C@H]6O)[C@H](O)[C@H]5O)CC[C@]45C[C@@]35CC[C@]12C)CO[C@@H]1O[C@H](CO)[C@@H](O)[C@H](O)[C@H]1O. The molecule has 17 nitrogen and oxygen atoms in total. The lowest BCUT2D eigenvalue weighted by Gasteiger charge is -2.63. The van der Waals surface area contributed by atoms with Crippen LogP contribution >= 0.6 is 0 Å². The van der Waals surface area contributed by atoms with Crippen LogP contribution in [0.25, 0.3) is 0 Å². The second-order valence-electron chi connectivity index (χ2n) is 22.8. The molecule has 25 atom stereocenters. The lowest BCUT2D eigenvalue weighted by Crippen LogP contribution is -2.64. The molecule has 8 fully saturated rings. The van der Waals surface area contributed by atoms with Gasteiger partial charge in [-0.05, 0) is 129 Å². The molecule has 65 heavy (non-hydrogen) atoms. The second-order valence-corrected chi connectivity index (χ2v) is 22.8. The van der Waals surface area contributed by atoms with E-state index in [1.165, 1.54) is 12.8 Å². The second kappa shape index (κ2) is 18.3. The zero-order valence-corrected chi connectivity index (χ0v) is 39.3. The van der Waals surface area contributed by atoms with Crippen molar-refractivity contribution in [2.75, 3.05) is 19.8 Å². The summed E-state index contributed by atoms with van der Waals surface area (Å²) < 4.78 is 35.4. The molecule has 17 heteroatoms. The first-order chi connectivity index (χ1) is 30.5. The minimum absolute atomic E-state index is 0.0653. The Labute approximate surface area is 383 Å². The van der Waals surface area contributed by atoms with Crippen LogP contribution in [0, 0.1) is 50.7 Å². The standard InChI is InChI=1S/C48H80O17/c1-22(20-60-41-37(57)34(54)32(52)27(18-49)62-41)8-9-26(51)23(2)25-12-14-46(7)30-11-10-29-44(4,5)31(13-15-47(29)21-48(30,47)17-16-45(25,46)6)64-42-39(59)36(56)40(24(3)61-42)65-43-38(58)35(55)33(53)28(19-50)63-43/h8,23-43,49-59H,9-21H2,1-7H3/b22-8-/t23-,24+,25+,26-,27+,28+,29-,30-,31-,32+,33+,34-,35-,36+,37+,38+,39+,40-,41+,42-,43-,45+,46-,47-,48-/m0/s1. The summed E-state index contributed by atoms with van der Waals surface area (Å²) in [7, 11) is 0. The number of aliphatic hydroxyl groups excluding tert-OH is 11. The van der Waals surface area contributed by atoms with E-state index in [2.05, 4.69) is 34.6 Å². The van der Waals surface area contributed by atoms with Gasteiger partial charge in [-0.3, -0.25) is 0 Å². The highest BCUT2D eigenvalue weighted by atomic mass is 16.7. The first kappa shape index (κ1) is 50.4. The summed E-state index contributed by atoms with van der Waals surface area (Å²) in [5.41, 5.74) is 1.23. The Kier molecular flexibility index (Phi) is 14.2. The highest BCUT2D eigenvalue weighted by molar-refractivity contribution is 5.31. The van der Waals surface area contributed by atoms with Crippen LogP contribution in [0.3, 0.4) is 0 Å². The van der Waals surface area contributed by atoms with E-state index < -0.39 is 111 Å². The smallest absolute Gasteiger partial charge is 0.187 e. The van der Waals surface area contributed by atoms with Crippen LogP contribution in [0.15, 0.2) is 11.6 Å². The summed E-state index contributed by atoms with van der Waals surface area (Å²) in [6, 6.07) is 0. The van der Waals surface area contributed by atoms with Crippen molar-refractivity contribution < 1.29 is 84.6 Å². The van der Waals surface area contributed by atoms with Gasteiger partial charge in [-0.1, -0.05) is 46.3 Å². The monoisotopic (exact) mass is 929 g/mol. The van der Waals surface area contributed by atoms with Crippen molar-refractivity contribution in [1.29, 1.82) is 0 Å². The third-order valence-corrected chi connectivity index (χ3v) is 19.6. The molecule has 3 saturated heterocycles. The molecule has 0 amide bonds. The summed E-state index contributed by atoms with van der Waals surface area (Å²) in [5.74, 6) is 1.40. The average molecular weight is 929 g/mol. The van der Waals surface area contributed by atoms with E-state index in [-0.39, 0.29) is 45.7 Å². The summed E-state index contributed by atoms with van der Waals surface area (Å²) in [5, 5.41) is 115. The van der Waals surface area contributed by atoms with Gasteiger partial charge in [0, 0.05) is 0 Å². The lowest BCUT2D eigenvalue weighted by molar-refractivity contribution is -0.363. The number of fused-ring (bicyclic) bond motifs is 2. The highest BCUT2D eigenvalue weighted by Gasteiger charge is 2.82. The Morgan fingerprint density at radius 3 is 1.86 bits per heavy atom. The van der Waals surface area contributed by atoms with Crippen molar-refractivity contribution in [2.24, 2.45) is 50.7 Å². The van der Waals surface area contributed by atoms with Crippen molar-refractivity contribution >= 4 is 0 Å². The molecule has 0 radical (unpaired) electrons. The maximum Gasteiger partial charge on any atom is 0.187 e. The summed E-state index contributed by atoms with van der Waals surface area (Å²) in [4.78, 5) is 0. The molecule has 0 aromatic rings. The summed E-state index contributed by atoms with van der Waals surface area (Å²) in [6.45, 7) is 14.3. The molecule has 8 aliphatic rings. The Balaban J connectivity index is 0.875. The fourth-order valence-corrected chi connectivity index (χ4v) is 15.5. The van der Waals surface area contributed by atoms with Crippen molar-refractivity contribution in [3.63, 3.8) is 0 Å². The van der Waals surface area contributed by atoms with Crippen LogP contribution in [0.4, 0.5) is 0 Å². The third-order valence-electron chi connectivity index (χ3n) is 19.6. The van der Waals surface area contributed by atoms with Gasteiger partial charge in [-0.15, -0.1) is 0 Å². The largest absolute Gasteiger partial charge is 0.394 e. The van der Waals surface area contributed by atoms with Crippen molar-refractivity contribution in [3.05, 3.63) is 11.6 Å². The molecule has 11 N–H and O–H groups in total. The van der Waals surface area contributed by atoms with E-state index in [1.807, 2.05) is 13.0 Å². The molecule has 0 bridgehead atoms. The Morgan fingerprint density at radius 2 is 1.22 bits per heavy atom. The Hall–Kier alpha value is -0.940. The maximum absolute atomic E-state index is 11.7. The molecule has 374 valence electrons. The highest BCUT2D eigenvalue weighted by Crippen LogP contribution is 2.89. The molecule has 3 heterocycles. The number of aliphatic hydroxyl groups is 11. The molecular formula is C48H80O17. The molecule has 0 aromatic carbocycles. The van der Waals surface area contributed by atoms with Gasteiger partial charge < -0.3 is 84.6 Å². The quantitative estimate of drug-likeness (QED) is 0.0892. The minimum Gasteiger partial charge on any atom is -0.394 e. The van der Waals surface area contributed by atoms with Gasteiger partial charge in [0.1, 0.15) is 67.1 Å². The van der Waals surface area contributed by atoms with Crippen LogP contribution in [-0.4, -0.2) is 180 Å². The van der Waals surface area contributed by atoms with E-state index >= 15 is 0 Å². The number of hydrogen-bond donors (Lipinski definition) is 11. The van der Waals surface area contributed by atoms with E-state index in [1.54, 1.807) is 6.92 Å². The Morgan fingerprint density at radius 1 is 0.646 bits per heavy atom. The summed E-state index contributed by atoms with van der Waals surface area (Å²) in [6.07, 6.45) is -9.04. The third kappa shape index (κ3) is 8.03. The van der Waals surface area contributed by atoms with Gasteiger partial charge >= 0.3 is 0 Å². The maximum atomic E-state index is 11.7. The topological polar surface area (TPSA) is 278 Å². The van der Waals surface area contributed by atoms with Gasteiger partial charge in [-0.2, -0.15) is 0 Å². The van der Waals surface area contributed by atoms with Crippen LogP contribution < -0.4 is 0 Å². The minimum atomic E-state index is -1.67. The molecule has 8 rings (SSSR count). The van der Waals surface area contributed by atoms with Gasteiger partial charge in [0.25, 0.3) is 0 Å². The van der Waals surface area contributed by atoms with E-state index in [4.69, 9.17) is 28.4 Å². The number of ether oxygens (including phenoxy) is 6. The van der Waals surface area contributed by atoms with Crippen molar-refractivity contribution in [2.45, 2.75) is 217 Å². The fraction of sp³-hybridized carbons (Fsp3) is 0.958. The van der Waals surface area contributed by atoms with Gasteiger partial charge in [0.05, 0.1) is 38.1 Å². The molecule has 3 aliphatic heterocycles. The normalized spacial score (nSPS) is 53.9. The van der Waals surface area contributed by atoms with Crippen LogP contribution in [0.2, 0.25) is 0 Å². The van der Waals surface area contributed by atoms with E-state index in [0.29, 0.717) is 24.2 Å². The van der Waals surface area contributed by atoms with Crippen LogP contribution in [-0.2, 0) is 28.4 Å². The van der Waals surface area contributed by atoms with Crippen LogP contribution in [0.5, 0.6) is 0 Å². The number of rotatable bonds is 13. The molecule has 2 spiro atoms.